The van der Waals surface area contributed by atoms with Crippen LogP contribution in [0.4, 0.5) is 8.78 Å². The number of halogens is 3. The highest BCUT2D eigenvalue weighted by Gasteiger charge is 2.45. The van der Waals surface area contributed by atoms with Crippen LogP contribution in [0.3, 0.4) is 0 Å². The smallest absolute Gasteiger partial charge is 0.194 e. The van der Waals surface area contributed by atoms with E-state index in [-0.39, 0.29) is 11.5 Å². The highest BCUT2D eigenvalue weighted by molar-refractivity contribution is 14.1. The standard InChI is InChI=1S/C25H19F2IO3/c1-29-17-14-15-24(27)25(16-17,31-23-13-7-4-10-20(23)28)18-8-2-5-11-21(18)30-22-12-6-3-9-19(22)26/h2-16,24H,1H3/t24?,25-/m0/s1. The summed E-state index contributed by atoms with van der Waals surface area (Å²) in [7, 11) is 1.51. The van der Waals surface area contributed by atoms with Crippen molar-refractivity contribution in [3.63, 3.8) is 0 Å². The summed E-state index contributed by atoms with van der Waals surface area (Å²) in [6.07, 6.45) is 2.98. The first kappa shape index (κ1) is 21.4. The molecule has 0 N–H and O–H groups in total. The van der Waals surface area contributed by atoms with Crippen molar-refractivity contribution in [1.29, 1.82) is 0 Å². The first-order valence-corrected chi connectivity index (χ1v) is 10.7. The van der Waals surface area contributed by atoms with Crippen LogP contribution in [0.1, 0.15) is 5.56 Å². The highest BCUT2D eigenvalue weighted by atomic mass is 127. The van der Waals surface area contributed by atoms with Gasteiger partial charge in [0, 0.05) is 11.6 Å². The molecule has 3 aromatic carbocycles. The topological polar surface area (TPSA) is 27.7 Å². The Morgan fingerprint density at radius 1 is 0.871 bits per heavy atom. The van der Waals surface area contributed by atoms with Gasteiger partial charge in [-0.1, -0.05) is 42.5 Å². The third kappa shape index (κ3) is 4.30. The van der Waals surface area contributed by atoms with Crippen LogP contribution in [-0.4, -0.2) is 13.3 Å². The quantitative estimate of drug-likeness (QED) is 0.322. The molecular formula is C25H19F2IO3. The lowest BCUT2D eigenvalue weighted by Gasteiger charge is -2.37. The van der Waals surface area contributed by atoms with Gasteiger partial charge in [0.25, 0.3) is 0 Å². The summed E-state index contributed by atoms with van der Waals surface area (Å²) in [6, 6.07) is 20.3. The molecular weight excluding hydrogens is 513 g/mol. The van der Waals surface area contributed by atoms with E-state index in [1.807, 2.05) is 18.2 Å². The Balaban J connectivity index is 1.87. The molecule has 1 unspecified atom stereocenters. The minimum atomic E-state index is -1.58. The Morgan fingerprint density at radius 2 is 1.52 bits per heavy atom. The van der Waals surface area contributed by atoms with E-state index in [4.69, 9.17) is 14.2 Å². The summed E-state index contributed by atoms with van der Waals surface area (Å²) in [5.41, 5.74) is -1.17. The average Bonchev–Trinajstić information content (AvgIpc) is 2.79. The maximum atomic E-state index is 15.7. The lowest BCUT2D eigenvalue weighted by molar-refractivity contribution is 0.0411. The van der Waals surface area contributed by atoms with Crippen LogP contribution in [0.2, 0.25) is 0 Å². The Labute approximate surface area is 193 Å². The first-order chi connectivity index (χ1) is 15.0. The summed E-state index contributed by atoms with van der Waals surface area (Å²) >= 11 is 2.14. The van der Waals surface area contributed by atoms with Gasteiger partial charge in [0.15, 0.2) is 23.3 Å². The molecule has 31 heavy (non-hydrogen) atoms. The predicted molar refractivity (Wildman–Crippen MR) is 124 cm³/mol. The molecule has 0 aromatic heterocycles. The zero-order valence-corrected chi connectivity index (χ0v) is 18.8. The van der Waals surface area contributed by atoms with E-state index < -0.39 is 17.6 Å². The van der Waals surface area contributed by atoms with Gasteiger partial charge in [0.1, 0.15) is 17.3 Å². The molecule has 3 aromatic rings. The van der Waals surface area contributed by atoms with E-state index >= 15 is 4.39 Å². The van der Waals surface area contributed by atoms with Crippen LogP contribution in [-0.2, 0) is 10.3 Å². The van der Waals surface area contributed by atoms with E-state index in [0.29, 0.717) is 17.1 Å². The van der Waals surface area contributed by atoms with Crippen molar-refractivity contribution in [2.75, 3.05) is 7.11 Å². The molecule has 6 heteroatoms. The number of benzene rings is 3. The number of ether oxygens (including phenoxy) is 3. The Kier molecular flexibility index (Phi) is 6.27. The van der Waals surface area contributed by atoms with Crippen molar-refractivity contribution in [2.24, 2.45) is 0 Å². The molecule has 2 atom stereocenters. The highest BCUT2D eigenvalue weighted by Crippen LogP contribution is 2.44. The molecule has 1 aliphatic rings. The summed E-state index contributed by atoms with van der Waals surface area (Å²) in [4.78, 5) is 0. The largest absolute Gasteiger partial charge is 0.497 e. The van der Waals surface area contributed by atoms with E-state index in [2.05, 4.69) is 22.6 Å². The maximum Gasteiger partial charge on any atom is 0.194 e. The molecule has 0 bridgehead atoms. The van der Waals surface area contributed by atoms with E-state index in [1.54, 1.807) is 54.6 Å². The monoisotopic (exact) mass is 532 g/mol. The van der Waals surface area contributed by atoms with Gasteiger partial charge in [0.2, 0.25) is 0 Å². The van der Waals surface area contributed by atoms with E-state index in [1.165, 1.54) is 25.3 Å². The van der Waals surface area contributed by atoms with E-state index in [0.717, 1.165) is 3.57 Å². The molecule has 4 rings (SSSR count). The normalized spacial score (nSPS) is 20.1. The van der Waals surface area contributed by atoms with Crippen molar-refractivity contribution in [2.45, 2.75) is 11.8 Å². The molecule has 0 radical (unpaired) electrons. The number of hydrogen-bond acceptors (Lipinski definition) is 3. The number of para-hydroxylation sites is 3. The summed E-state index contributed by atoms with van der Waals surface area (Å²) in [6.45, 7) is 0. The minimum Gasteiger partial charge on any atom is -0.497 e. The molecule has 0 amide bonds. The van der Waals surface area contributed by atoms with Crippen molar-refractivity contribution < 1.29 is 23.0 Å². The molecule has 0 spiro atoms. The fourth-order valence-electron chi connectivity index (χ4n) is 3.39. The molecule has 0 saturated heterocycles. The SMILES string of the molecule is COC1=C[C@](Oc2ccccc2I)(c2ccccc2Oc2ccccc2F)C(F)C=C1. The van der Waals surface area contributed by atoms with Gasteiger partial charge >= 0.3 is 0 Å². The number of alkyl halides is 1. The molecule has 0 saturated carbocycles. The Bertz CT molecular complexity index is 1140. The zero-order valence-electron chi connectivity index (χ0n) is 16.6. The second-order valence-corrected chi connectivity index (χ2v) is 8.03. The van der Waals surface area contributed by atoms with Gasteiger partial charge in [-0.3, -0.25) is 0 Å². The van der Waals surface area contributed by atoms with Crippen molar-refractivity contribution in [3.05, 3.63) is 112 Å². The number of hydrogen-bond donors (Lipinski definition) is 0. The Hall–Kier alpha value is -2.87. The third-order valence-electron chi connectivity index (χ3n) is 4.91. The van der Waals surface area contributed by atoms with Gasteiger partial charge in [-0.2, -0.15) is 0 Å². The summed E-state index contributed by atoms with van der Waals surface area (Å²) in [5.74, 6) is 0.757. The predicted octanol–water partition coefficient (Wildman–Crippen LogP) is 6.94. The van der Waals surface area contributed by atoms with Gasteiger partial charge in [-0.25, -0.2) is 8.78 Å². The molecule has 3 nitrogen and oxygen atoms in total. The first-order valence-electron chi connectivity index (χ1n) is 9.58. The van der Waals surface area contributed by atoms with Crippen LogP contribution in [0.15, 0.2) is 96.8 Å². The van der Waals surface area contributed by atoms with Crippen LogP contribution in [0.25, 0.3) is 0 Å². The molecule has 0 heterocycles. The summed E-state index contributed by atoms with van der Waals surface area (Å²) < 4.78 is 48.4. The molecule has 0 aliphatic heterocycles. The van der Waals surface area contributed by atoms with E-state index in [9.17, 15) is 4.39 Å². The lowest BCUT2D eigenvalue weighted by atomic mass is 9.84. The number of allylic oxidation sites excluding steroid dienone is 1. The summed E-state index contributed by atoms with van der Waals surface area (Å²) in [5, 5.41) is 0. The fraction of sp³-hybridized carbons (Fsp3) is 0.120. The maximum absolute atomic E-state index is 15.7. The number of methoxy groups -OCH3 is 1. The Morgan fingerprint density at radius 3 is 2.23 bits per heavy atom. The van der Waals surface area contributed by atoms with Crippen LogP contribution < -0.4 is 9.47 Å². The van der Waals surface area contributed by atoms with Gasteiger partial charge < -0.3 is 14.2 Å². The van der Waals surface area contributed by atoms with Gasteiger partial charge in [-0.15, -0.1) is 0 Å². The van der Waals surface area contributed by atoms with Crippen LogP contribution >= 0.6 is 22.6 Å². The number of rotatable bonds is 6. The van der Waals surface area contributed by atoms with Gasteiger partial charge in [-0.05, 0) is 65.1 Å². The third-order valence-corrected chi connectivity index (χ3v) is 5.80. The average molecular weight is 532 g/mol. The van der Waals surface area contributed by atoms with Crippen LogP contribution in [0.5, 0.6) is 17.2 Å². The lowest BCUT2D eigenvalue weighted by Crippen LogP contribution is -2.42. The fourth-order valence-corrected chi connectivity index (χ4v) is 3.89. The van der Waals surface area contributed by atoms with Gasteiger partial charge in [0.05, 0.1) is 10.7 Å². The van der Waals surface area contributed by atoms with Crippen molar-refractivity contribution >= 4 is 22.6 Å². The second-order valence-electron chi connectivity index (χ2n) is 6.87. The molecule has 0 fully saturated rings. The minimum absolute atomic E-state index is 0.0390. The van der Waals surface area contributed by atoms with Crippen molar-refractivity contribution in [1.82, 2.24) is 0 Å². The van der Waals surface area contributed by atoms with Crippen LogP contribution in [0, 0.1) is 9.39 Å². The zero-order chi connectivity index (χ0) is 21.8. The molecule has 158 valence electrons. The molecule has 1 aliphatic carbocycles. The second kappa shape index (κ2) is 9.09. The van der Waals surface area contributed by atoms with Crippen molar-refractivity contribution in [3.8, 4) is 17.2 Å².